The lowest BCUT2D eigenvalue weighted by Gasteiger charge is -2.09. The summed E-state index contributed by atoms with van der Waals surface area (Å²) < 4.78 is 24.7. The zero-order valence-corrected chi connectivity index (χ0v) is 8.07. The molecule has 3 N–H and O–H groups in total. The van der Waals surface area contributed by atoms with Crippen molar-refractivity contribution in [3.8, 4) is 0 Å². The van der Waals surface area contributed by atoms with Crippen LogP contribution in [0.1, 0.15) is 16.7 Å². The average molecular weight is 222 g/mol. The first kappa shape index (κ1) is 10.8. The molecule has 0 aliphatic heterocycles. The van der Waals surface area contributed by atoms with Crippen LogP contribution in [0.5, 0.6) is 0 Å². The number of alkyl halides is 2. The maximum Gasteiger partial charge on any atom is 0.282 e. The van der Waals surface area contributed by atoms with Gasteiger partial charge >= 0.3 is 0 Å². The molecule has 0 spiro atoms. The molecule has 0 saturated heterocycles. The number of nitrogens with two attached hydrogens (primary N) is 1. The highest BCUT2D eigenvalue weighted by atomic mass is 32.1. The molecule has 0 aromatic carbocycles. The number of rotatable bonds is 3. The zero-order valence-electron chi connectivity index (χ0n) is 7.25. The number of aromatic nitrogens is 2. The summed E-state index contributed by atoms with van der Waals surface area (Å²) in [7, 11) is 0. The molecule has 78 valence electrons. The van der Waals surface area contributed by atoms with Crippen LogP contribution in [-0.2, 0) is 0 Å². The van der Waals surface area contributed by atoms with Gasteiger partial charge in [0.15, 0.2) is 0 Å². The van der Waals surface area contributed by atoms with Gasteiger partial charge in [0.05, 0.1) is 6.54 Å². The monoisotopic (exact) mass is 222 g/mol. The van der Waals surface area contributed by atoms with Gasteiger partial charge in [-0.25, -0.2) is 8.78 Å². The second-order valence-electron chi connectivity index (χ2n) is 2.70. The lowest BCUT2D eigenvalue weighted by atomic mass is 10.4. The van der Waals surface area contributed by atoms with E-state index in [-0.39, 0.29) is 10.1 Å². The van der Waals surface area contributed by atoms with Crippen molar-refractivity contribution in [2.45, 2.75) is 12.8 Å². The molecule has 5 nitrogen and oxygen atoms in total. The van der Waals surface area contributed by atoms with Crippen LogP contribution in [0.4, 0.5) is 13.9 Å². The fraction of sp³-hybridized carbons (Fsp3) is 0.500. The molecule has 8 heteroatoms. The normalized spacial score (nSPS) is 11.4. The second-order valence-corrected chi connectivity index (χ2v) is 3.71. The third-order valence-corrected chi connectivity index (χ3v) is 1.95. The zero-order chi connectivity index (χ0) is 10.8. The van der Waals surface area contributed by atoms with Gasteiger partial charge in [0.1, 0.15) is 0 Å². The van der Waals surface area contributed by atoms with Gasteiger partial charge in [-0.2, -0.15) is 0 Å². The lowest BCUT2D eigenvalue weighted by molar-refractivity contribution is 0.0221. The topological polar surface area (TPSA) is 80.9 Å². The number of carbonyl (C=O) groups is 1. The Morgan fingerprint density at radius 1 is 1.64 bits per heavy atom. The van der Waals surface area contributed by atoms with Crippen molar-refractivity contribution in [1.29, 1.82) is 0 Å². The van der Waals surface area contributed by atoms with Crippen molar-refractivity contribution in [3.05, 3.63) is 5.01 Å². The van der Waals surface area contributed by atoms with E-state index in [1.807, 2.05) is 5.32 Å². The quantitative estimate of drug-likeness (QED) is 0.780. The fourth-order valence-electron chi connectivity index (χ4n) is 0.637. The molecule has 0 saturated carbocycles. The van der Waals surface area contributed by atoms with Crippen molar-refractivity contribution >= 4 is 22.4 Å². The van der Waals surface area contributed by atoms with E-state index in [2.05, 4.69) is 10.2 Å². The van der Waals surface area contributed by atoms with Gasteiger partial charge in [-0.1, -0.05) is 11.3 Å². The minimum Gasteiger partial charge on any atom is -0.374 e. The van der Waals surface area contributed by atoms with Gasteiger partial charge < -0.3 is 11.1 Å². The highest BCUT2D eigenvalue weighted by Gasteiger charge is 2.23. The Balaban J connectivity index is 2.52. The largest absolute Gasteiger partial charge is 0.374 e. The number of carbonyl (C=O) groups excluding carboxylic acids is 1. The van der Waals surface area contributed by atoms with E-state index in [1.54, 1.807) is 0 Å². The Bertz CT molecular complexity index is 335. The number of anilines is 1. The van der Waals surface area contributed by atoms with Crippen LogP contribution in [0.2, 0.25) is 0 Å². The molecule has 1 aromatic rings. The SMILES string of the molecule is CC(F)(F)CNC(=O)c1nnc(N)s1. The van der Waals surface area contributed by atoms with Crippen molar-refractivity contribution in [1.82, 2.24) is 15.5 Å². The Kier molecular flexibility index (Phi) is 2.94. The first-order chi connectivity index (χ1) is 6.38. The van der Waals surface area contributed by atoms with Gasteiger partial charge in [-0.05, 0) is 0 Å². The summed E-state index contributed by atoms with van der Waals surface area (Å²) in [6, 6.07) is 0. The highest BCUT2D eigenvalue weighted by molar-refractivity contribution is 7.16. The number of hydrogen-bond donors (Lipinski definition) is 2. The van der Waals surface area contributed by atoms with Gasteiger partial charge in [0, 0.05) is 6.92 Å². The van der Waals surface area contributed by atoms with E-state index in [0.29, 0.717) is 6.92 Å². The first-order valence-electron chi connectivity index (χ1n) is 3.63. The number of nitrogens with zero attached hydrogens (tertiary/aromatic N) is 2. The summed E-state index contributed by atoms with van der Waals surface area (Å²) in [5.41, 5.74) is 5.22. The predicted octanol–water partition coefficient (Wildman–Crippen LogP) is 0.505. The molecule has 14 heavy (non-hydrogen) atoms. The highest BCUT2D eigenvalue weighted by Crippen LogP contribution is 2.12. The molecule has 0 aliphatic carbocycles. The van der Waals surface area contributed by atoms with Gasteiger partial charge in [0.2, 0.25) is 10.1 Å². The van der Waals surface area contributed by atoms with Gasteiger partial charge in [-0.3, -0.25) is 4.79 Å². The Labute approximate surface area is 82.3 Å². The fourth-order valence-corrected chi connectivity index (χ4v) is 1.16. The Hall–Kier alpha value is -1.31. The molecule has 0 atom stereocenters. The number of amides is 1. The van der Waals surface area contributed by atoms with Crippen molar-refractivity contribution in [2.75, 3.05) is 12.3 Å². The van der Waals surface area contributed by atoms with Crippen molar-refractivity contribution in [2.24, 2.45) is 0 Å². The van der Waals surface area contributed by atoms with Crippen LogP contribution < -0.4 is 11.1 Å². The summed E-state index contributed by atoms with van der Waals surface area (Å²) in [5, 5.41) is 8.90. The van der Waals surface area contributed by atoms with Crippen LogP contribution in [0, 0.1) is 0 Å². The third kappa shape index (κ3) is 3.21. The first-order valence-corrected chi connectivity index (χ1v) is 4.45. The number of halogens is 2. The average Bonchev–Trinajstić information content (AvgIpc) is 2.46. The minimum absolute atomic E-state index is 0.0215. The summed E-state index contributed by atoms with van der Waals surface area (Å²) in [6.07, 6.45) is 0. The smallest absolute Gasteiger partial charge is 0.282 e. The molecule has 0 unspecified atom stereocenters. The van der Waals surface area contributed by atoms with E-state index in [9.17, 15) is 13.6 Å². The van der Waals surface area contributed by atoms with E-state index < -0.39 is 18.4 Å². The van der Waals surface area contributed by atoms with Crippen molar-refractivity contribution < 1.29 is 13.6 Å². The van der Waals surface area contributed by atoms with Crippen LogP contribution >= 0.6 is 11.3 Å². The summed E-state index contributed by atoms with van der Waals surface area (Å²) in [4.78, 5) is 11.1. The molecule has 0 bridgehead atoms. The molecule has 1 aromatic heterocycles. The molecule has 0 radical (unpaired) electrons. The third-order valence-electron chi connectivity index (χ3n) is 1.19. The number of hydrogen-bond acceptors (Lipinski definition) is 5. The van der Waals surface area contributed by atoms with Crippen LogP contribution in [0.25, 0.3) is 0 Å². The lowest BCUT2D eigenvalue weighted by Crippen LogP contribution is -2.34. The van der Waals surface area contributed by atoms with Crippen molar-refractivity contribution in [3.63, 3.8) is 0 Å². The standard InChI is InChI=1S/C6H8F2N4OS/c1-6(7,8)2-10-3(13)4-11-12-5(9)14-4/h2H2,1H3,(H2,9,12)(H,10,13). The van der Waals surface area contributed by atoms with Gasteiger partial charge in [0.25, 0.3) is 11.8 Å². The Morgan fingerprint density at radius 2 is 2.29 bits per heavy atom. The molecule has 1 amide bonds. The molecule has 1 heterocycles. The number of nitrogen functional groups attached to an aromatic ring is 1. The number of nitrogens with one attached hydrogen (secondary N) is 1. The van der Waals surface area contributed by atoms with E-state index in [0.717, 1.165) is 11.3 Å². The van der Waals surface area contributed by atoms with Crippen LogP contribution in [-0.4, -0.2) is 28.6 Å². The minimum atomic E-state index is -2.94. The molecule has 0 fully saturated rings. The molecule has 1 rings (SSSR count). The van der Waals surface area contributed by atoms with E-state index in [4.69, 9.17) is 5.73 Å². The summed E-state index contributed by atoms with van der Waals surface area (Å²) in [6.45, 7) is -0.0208. The molecule has 0 aliphatic rings. The van der Waals surface area contributed by atoms with Crippen LogP contribution in [0.15, 0.2) is 0 Å². The summed E-state index contributed by atoms with van der Waals surface area (Å²) >= 11 is 0.845. The predicted molar refractivity (Wildman–Crippen MR) is 47.3 cm³/mol. The van der Waals surface area contributed by atoms with E-state index in [1.165, 1.54) is 0 Å². The maximum absolute atomic E-state index is 12.3. The van der Waals surface area contributed by atoms with E-state index >= 15 is 0 Å². The maximum atomic E-state index is 12.3. The second kappa shape index (κ2) is 3.82. The van der Waals surface area contributed by atoms with Crippen LogP contribution in [0.3, 0.4) is 0 Å². The Morgan fingerprint density at radius 3 is 2.71 bits per heavy atom. The molecular formula is C6H8F2N4OS. The van der Waals surface area contributed by atoms with Gasteiger partial charge in [-0.15, -0.1) is 10.2 Å². The molecular weight excluding hydrogens is 214 g/mol. The summed E-state index contributed by atoms with van der Waals surface area (Å²) in [5.74, 6) is -3.63.